The SMILES string of the molecule is Cc1ccc2c(c1)cc(C(=O)O)n2CC1CC1. The molecule has 0 amide bonds. The number of hydrogen-bond acceptors (Lipinski definition) is 1. The van der Waals surface area contributed by atoms with Crippen LogP contribution in [0.15, 0.2) is 24.3 Å². The summed E-state index contributed by atoms with van der Waals surface area (Å²) in [6.45, 7) is 2.87. The Hall–Kier alpha value is -1.77. The van der Waals surface area contributed by atoms with Gasteiger partial charge in [-0.25, -0.2) is 4.79 Å². The van der Waals surface area contributed by atoms with Crippen LogP contribution in [0, 0.1) is 12.8 Å². The number of fused-ring (bicyclic) bond motifs is 1. The van der Waals surface area contributed by atoms with Crippen molar-refractivity contribution in [3.63, 3.8) is 0 Å². The van der Waals surface area contributed by atoms with Gasteiger partial charge in [0, 0.05) is 17.4 Å². The number of rotatable bonds is 3. The van der Waals surface area contributed by atoms with Gasteiger partial charge in [0.15, 0.2) is 0 Å². The van der Waals surface area contributed by atoms with Gasteiger partial charge in [0.1, 0.15) is 5.69 Å². The molecule has 17 heavy (non-hydrogen) atoms. The van der Waals surface area contributed by atoms with Crippen LogP contribution in [0.5, 0.6) is 0 Å². The zero-order valence-corrected chi connectivity index (χ0v) is 9.81. The molecule has 1 fully saturated rings. The topological polar surface area (TPSA) is 42.2 Å². The number of aromatic nitrogens is 1. The van der Waals surface area contributed by atoms with Crippen LogP contribution in [0.4, 0.5) is 0 Å². The predicted molar refractivity (Wildman–Crippen MR) is 66.4 cm³/mol. The molecule has 0 bridgehead atoms. The summed E-state index contributed by atoms with van der Waals surface area (Å²) in [6, 6.07) is 7.90. The molecule has 3 nitrogen and oxygen atoms in total. The fourth-order valence-electron chi connectivity index (χ4n) is 2.32. The lowest BCUT2D eigenvalue weighted by molar-refractivity contribution is 0.0685. The summed E-state index contributed by atoms with van der Waals surface area (Å²) in [7, 11) is 0. The quantitative estimate of drug-likeness (QED) is 0.878. The predicted octanol–water partition coefficient (Wildman–Crippen LogP) is 3.06. The highest BCUT2D eigenvalue weighted by Crippen LogP contribution is 2.33. The van der Waals surface area contributed by atoms with Gasteiger partial charge in [-0.1, -0.05) is 11.6 Å². The second-order valence-corrected chi connectivity index (χ2v) is 4.95. The first-order valence-electron chi connectivity index (χ1n) is 5.98. The van der Waals surface area contributed by atoms with Crippen LogP contribution in [0.2, 0.25) is 0 Å². The summed E-state index contributed by atoms with van der Waals surface area (Å²) in [6.07, 6.45) is 2.45. The average Bonchev–Trinajstić information content (AvgIpc) is 3.00. The summed E-state index contributed by atoms with van der Waals surface area (Å²) < 4.78 is 1.95. The Bertz CT molecular complexity index is 594. The first kappa shape index (κ1) is 10.4. The van der Waals surface area contributed by atoms with Gasteiger partial charge in [-0.15, -0.1) is 0 Å². The zero-order valence-electron chi connectivity index (χ0n) is 9.81. The van der Waals surface area contributed by atoms with E-state index in [-0.39, 0.29) is 0 Å². The number of carbonyl (C=O) groups is 1. The van der Waals surface area contributed by atoms with E-state index in [9.17, 15) is 9.90 Å². The van der Waals surface area contributed by atoms with E-state index < -0.39 is 5.97 Å². The molecule has 88 valence electrons. The van der Waals surface area contributed by atoms with Gasteiger partial charge in [-0.3, -0.25) is 0 Å². The van der Waals surface area contributed by atoms with Crippen molar-refractivity contribution in [1.29, 1.82) is 0 Å². The number of aromatic carboxylic acids is 1. The maximum atomic E-state index is 11.3. The van der Waals surface area contributed by atoms with E-state index >= 15 is 0 Å². The van der Waals surface area contributed by atoms with Crippen LogP contribution in [0.25, 0.3) is 10.9 Å². The molecule has 3 heteroatoms. The van der Waals surface area contributed by atoms with E-state index in [1.54, 1.807) is 6.07 Å². The minimum atomic E-state index is -0.834. The van der Waals surface area contributed by atoms with Crippen LogP contribution in [-0.4, -0.2) is 15.6 Å². The van der Waals surface area contributed by atoms with Gasteiger partial charge in [0.05, 0.1) is 0 Å². The van der Waals surface area contributed by atoms with Crippen molar-refractivity contribution in [2.24, 2.45) is 5.92 Å². The van der Waals surface area contributed by atoms with Crippen molar-refractivity contribution in [3.05, 3.63) is 35.5 Å². The molecule has 1 aromatic carbocycles. The Morgan fingerprint density at radius 3 is 2.82 bits per heavy atom. The summed E-state index contributed by atoms with van der Waals surface area (Å²) in [5.41, 5.74) is 2.62. The highest BCUT2D eigenvalue weighted by atomic mass is 16.4. The Labute approximate surface area is 99.7 Å². The van der Waals surface area contributed by atoms with E-state index in [0.29, 0.717) is 11.6 Å². The second kappa shape index (κ2) is 3.62. The smallest absolute Gasteiger partial charge is 0.352 e. The molecule has 0 spiro atoms. The van der Waals surface area contributed by atoms with Gasteiger partial charge in [-0.2, -0.15) is 0 Å². The van der Waals surface area contributed by atoms with Crippen LogP contribution >= 0.6 is 0 Å². The number of hydrogen-bond donors (Lipinski definition) is 1. The van der Waals surface area contributed by atoms with E-state index in [0.717, 1.165) is 23.0 Å². The third-order valence-electron chi connectivity index (χ3n) is 3.41. The molecule has 1 aliphatic carbocycles. The molecule has 0 radical (unpaired) electrons. The van der Waals surface area contributed by atoms with E-state index in [1.165, 1.54) is 12.8 Å². The molecule has 1 aliphatic rings. The molecular weight excluding hydrogens is 214 g/mol. The Morgan fingerprint density at radius 1 is 1.41 bits per heavy atom. The number of carboxylic acid groups (broad SMARTS) is 1. The van der Waals surface area contributed by atoms with Crippen LogP contribution in [0.1, 0.15) is 28.9 Å². The Balaban J connectivity index is 2.18. The summed E-state index contributed by atoms with van der Waals surface area (Å²) in [5.74, 6) is -0.162. The number of aryl methyl sites for hydroxylation is 1. The molecule has 0 atom stereocenters. The molecular formula is C14H15NO2. The second-order valence-electron chi connectivity index (χ2n) is 4.95. The number of benzene rings is 1. The maximum absolute atomic E-state index is 11.3. The number of carboxylic acids is 1. The standard InChI is InChI=1S/C14H15NO2/c1-9-2-5-12-11(6-9)7-13(14(16)17)15(12)8-10-3-4-10/h2,5-7,10H,3-4,8H2,1H3,(H,16,17). The van der Waals surface area contributed by atoms with Gasteiger partial charge in [0.2, 0.25) is 0 Å². The third-order valence-corrected chi connectivity index (χ3v) is 3.41. The lowest BCUT2D eigenvalue weighted by Crippen LogP contribution is -2.09. The van der Waals surface area contributed by atoms with Gasteiger partial charge < -0.3 is 9.67 Å². The molecule has 0 saturated heterocycles. The Kier molecular flexibility index (Phi) is 2.21. The van der Waals surface area contributed by atoms with Crippen molar-refractivity contribution in [1.82, 2.24) is 4.57 Å². The Morgan fingerprint density at radius 2 is 2.18 bits per heavy atom. The molecule has 1 aromatic heterocycles. The lowest BCUT2D eigenvalue weighted by atomic mass is 10.2. The minimum Gasteiger partial charge on any atom is -0.477 e. The normalized spacial score (nSPS) is 15.4. The van der Waals surface area contributed by atoms with Crippen molar-refractivity contribution in [2.45, 2.75) is 26.3 Å². The molecule has 1 N–H and O–H groups in total. The molecule has 0 aliphatic heterocycles. The van der Waals surface area contributed by atoms with Gasteiger partial charge >= 0.3 is 5.97 Å². The van der Waals surface area contributed by atoms with Crippen LogP contribution in [-0.2, 0) is 6.54 Å². The van der Waals surface area contributed by atoms with Crippen molar-refractivity contribution in [2.75, 3.05) is 0 Å². The van der Waals surface area contributed by atoms with E-state index in [2.05, 4.69) is 0 Å². The summed E-state index contributed by atoms with van der Waals surface area (Å²) in [5, 5.41) is 10.3. The number of nitrogens with zero attached hydrogens (tertiary/aromatic N) is 1. The summed E-state index contributed by atoms with van der Waals surface area (Å²) >= 11 is 0. The van der Waals surface area contributed by atoms with Crippen molar-refractivity contribution < 1.29 is 9.90 Å². The molecule has 3 rings (SSSR count). The van der Waals surface area contributed by atoms with Gasteiger partial charge in [0.25, 0.3) is 0 Å². The molecule has 1 heterocycles. The van der Waals surface area contributed by atoms with E-state index in [4.69, 9.17) is 0 Å². The zero-order chi connectivity index (χ0) is 12.0. The van der Waals surface area contributed by atoms with E-state index in [1.807, 2.05) is 29.7 Å². The molecule has 0 unspecified atom stereocenters. The first-order chi connectivity index (χ1) is 8.15. The molecule has 1 saturated carbocycles. The molecule has 2 aromatic rings. The van der Waals surface area contributed by atoms with Crippen LogP contribution in [0.3, 0.4) is 0 Å². The van der Waals surface area contributed by atoms with Crippen molar-refractivity contribution >= 4 is 16.9 Å². The highest BCUT2D eigenvalue weighted by molar-refractivity contribution is 5.94. The largest absolute Gasteiger partial charge is 0.477 e. The monoisotopic (exact) mass is 229 g/mol. The van der Waals surface area contributed by atoms with Crippen LogP contribution < -0.4 is 0 Å². The summed E-state index contributed by atoms with van der Waals surface area (Å²) in [4.78, 5) is 11.3. The fraction of sp³-hybridized carbons (Fsp3) is 0.357. The fourth-order valence-corrected chi connectivity index (χ4v) is 2.32. The maximum Gasteiger partial charge on any atom is 0.352 e. The first-order valence-corrected chi connectivity index (χ1v) is 5.98. The average molecular weight is 229 g/mol. The lowest BCUT2D eigenvalue weighted by Gasteiger charge is -2.07. The third kappa shape index (κ3) is 1.82. The van der Waals surface area contributed by atoms with Gasteiger partial charge in [-0.05, 0) is 43.9 Å². The minimum absolute atomic E-state index is 0.414. The van der Waals surface area contributed by atoms with Crippen molar-refractivity contribution in [3.8, 4) is 0 Å². The highest BCUT2D eigenvalue weighted by Gasteiger charge is 2.25.